The van der Waals surface area contributed by atoms with Crippen molar-refractivity contribution in [3.63, 3.8) is 0 Å². The van der Waals surface area contributed by atoms with Gasteiger partial charge in [0.1, 0.15) is 6.54 Å². The monoisotopic (exact) mass is 252 g/mol. The van der Waals surface area contributed by atoms with Crippen molar-refractivity contribution in [3.05, 3.63) is 5.89 Å². The van der Waals surface area contributed by atoms with E-state index in [1.165, 1.54) is 0 Å². The largest absolute Gasteiger partial charge is 0.408 e. The van der Waals surface area contributed by atoms with Crippen molar-refractivity contribution in [1.29, 1.82) is 0 Å². The van der Waals surface area contributed by atoms with E-state index in [1.807, 2.05) is 0 Å². The van der Waals surface area contributed by atoms with Crippen molar-refractivity contribution in [2.24, 2.45) is 5.73 Å². The molecule has 0 spiro atoms. The van der Waals surface area contributed by atoms with Crippen LogP contribution in [-0.4, -0.2) is 36.0 Å². The summed E-state index contributed by atoms with van der Waals surface area (Å²) in [6.07, 6.45) is -3.37. The molecular formula is C9H15F3N4O. The molecule has 0 radical (unpaired) electrons. The number of halogens is 3. The fraction of sp³-hybridized carbons (Fsp3) is 0.778. The van der Waals surface area contributed by atoms with E-state index >= 15 is 0 Å². The lowest BCUT2D eigenvalue weighted by atomic mass is 10.4. The van der Waals surface area contributed by atoms with Crippen LogP contribution in [0.15, 0.2) is 4.42 Å². The Morgan fingerprint density at radius 2 is 2.06 bits per heavy atom. The molecule has 8 heteroatoms. The molecule has 17 heavy (non-hydrogen) atoms. The van der Waals surface area contributed by atoms with E-state index in [4.69, 9.17) is 10.2 Å². The molecule has 0 amide bonds. The van der Waals surface area contributed by atoms with Gasteiger partial charge in [0, 0.05) is 19.5 Å². The van der Waals surface area contributed by atoms with Gasteiger partial charge in [-0.1, -0.05) is 12.0 Å². The van der Waals surface area contributed by atoms with Gasteiger partial charge < -0.3 is 15.1 Å². The predicted octanol–water partition coefficient (Wildman–Crippen LogP) is 1.35. The fourth-order valence-electron chi connectivity index (χ4n) is 1.33. The zero-order valence-electron chi connectivity index (χ0n) is 9.50. The highest BCUT2D eigenvalue weighted by atomic mass is 19.4. The van der Waals surface area contributed by atoms with Crippen LogP contribution in [0, 0.1) is 0 Å². The van der Waals surface area contributed by atoms with Gasteiger partial charge in [-0.25, -0.2) is 0 Å². The lowest BCUT2D eigenvalue weighted by Gasteiger charge is -2.20. The summed E-state index contributed by atoms with van der Waals surface area (Å²) in [7, 11) is 0. The third kappa shape index (κ3) is 4.59. The number of aromatic nitrogens is 2. The molecule has 2 N–H and O–H groups in total. The molecule has 1 heterocycles. The zero-order chi connectivity index (χ0) is 12.9. The number of hydrogen-bond acceptors (Lipinski definition) is 5. The van der Waals surface area contributed by atoms with Crippen LogP contribution in [0.25, 0.3) is 0 Å². The van der Waals surface area contributed by atoms with E-state index in [0.717, 1.165) is 4.90 Å². The van der Waals surface area contributed by atoms with E-state index in [0.29, 0.717) is 19.4 Å². The number of rotatable bonds is 6. The minimum atomic E-state index is -4.29. The van der Waals surface area contributed by atoms with E-state index in [2.05, 4.69) is 10.2 Å². The molecule has 0 atom stereocenters. The van der Waals surface area contributed by atoms with E-state index in [9.17, 15) is 13.2 Å². The number of nitrogens with two attached hydrogens (primary N) is 1. The minimum Gasteiger partial charge on any atom is -0.408 e. The van der Waals surface area contributed by atoms with Gasteiger partial charge in [0.25, 0.3) is 0 Å². The first-order valence-corrected chi connectivity index (χ1v) is 5.30. The van der Waals surface area contributed by atoms with E-state index < -0.39 is 12.7 Å². The van der Waals surface area contributed by atoms with Crippen LogP contribution < -0.4 is 10.6 Å². The summed E-state index contributed by atoms with van der Waals surface area (Å²) in [5.41, 5.74) is 5.28. The Hall–Kier alpha value is -1.31. The van der Waals surface area contributed by atoms with Crippen molar-refractivity contribution in [2.75, 3.05) is 24.5 Å². The van der Waals surface area contributed by atoms with Crippen molar-refractivity contribution >= 4 is 6.01 Å². The normalized spacial score (nSPS) is 11.8. The van der Waals surface area contributed by atoms with Crippen molar-refractivity contribution < 1.29 is 17.6 Å². The third-order valence-corrected chi connectivity index (χ3v) is 1.95. The van der Waals surface area contributed by atoms with Gasteiger partial charge in [-0.3, -0.25) is 0 Å². The summed E-state index contributed by atoms with van der Waals surface area (Å²) in [5, 5.41) is 7.23. The molecule has 5 nitrogen and oxygen atoms in total. The molecule has 0 aliphatic rings. The highest BCUT2D eigenvalue weighted by Crippen LogP contribution is 2.21. The third-order valence-electron chi connectivity index (χ3n) is 1.95. The Bertz CT molecular complexity index is 339. The molecule has 1 rings (SSSR count). The average molecular weight is 252 g/mol. The van der Waals surface area contributed by atoms with Crippen molar-refractivity contribution in [1.82, 2.24) is 10.2 Å². The number of nitrogens with zero attached hydrogens (tertiary/aromatic N) is 3. The van der Waals surface area contributed by atoms with Crippen LogP contribution >= 0.6 is 0 Å². The predicted molar refractivity (Wildman–Crippen MR) is 55.6 cm³/mol. The summed E-state index contributed by atoms with van der Waals surface area (Å²) in [4.78, 5) is 1.02. The topological polar surface area (TPSA) is 68.2 Å². The zero-order valence-corrected chi connectivity index (χ0v) is 9.50. The Balaban J connectivity index is 2.74. The van der Waals surface area contributed by atoms with Gasteiger partial charge >= 0.3 is 12.2 Å². The lowest BCUT2D eigenvalue weighted by molar-refractivity contribution is -0.120. The van der Waals surface area contributed by atoms with Crippen LogP contribution in [0.4, 0.5) is 19.2 Å². The molecule has 1 aromatic heterocycles. The Labute approximate surface area is 96.8 Å². The van der Waals surface area contributed by atoms with Gasteiger partial charge in [0.2, 0.25) is 5.89 Å². The summed E-state index contributed by atoms with van der Waals surface area (Å²) in [6, 6.07) is -0.104. The van der Waals surface area contributed by atoms with Gasteiger partial charge in [-0.15, -0.1) is 5.10 Å². The molecule has 0 aliphatic heterocycles. The smallest absolute Gasteiger partial charge is 0.406 e. The molecule has 0 aromatic carbocycles. The molecular weight excluding hydrogens is 237 g/mol. The van der Waals surface area contributed by atoms with E-state index in [-0.39, 0.29) is 18.5 Å². The maximum Gasteiger partial charge on any atom is 0.406 e. The second kappa shape index (κ2) is 5.85. The Morgan fingerprint density at radius 3 is 2.59 bits per heavy atom. The lowest BCUT2D eigenvalue weighted by Crippen LogP contribution is -2.35. The number of hydrogen-bond donors (Lipinski definition) is 1. The first kappa shape index (κ1) is 13.8. The summed E-state index contributed by atoms with van der Waals surface area (Å²) >= 11 is 0. The van der Waals surface area contributed by atoms with Crippen LogP contribution in [0.2, 0.25) is 0 Å². The maximum absolute atomic E-state index is 12.3. The molecule has 1 aromatic rings. The van der Waals surface area contributed by atoms with Crippen LogP contribution in [0.1, 0.15) is 19.2 Å². The van der Waals surface area contributed by atoms with Crippen molar-refractivity contribution in [2.45, 2.75) is 25.9 Å². The molecule has 0 bridgehead atoms. The van der Waals surface area contributed by atoms with Gasteiger partial charge in [0.15, 0.2) is 0 Å². The minimum absolute atomic E-state index is 0.104. The summed E-state index contributed by atoms with van der Waals surface area (Å²) in [6.45, 7) is 1.21. The number of anilines is 1. The van der Waals surface area contributed by atoms with Crippen molar-refractivity contribution in [3.8, 4) is 0 Å². The molecule has 0 saturated heterocycles. The highest BCUT2D eigenvalue weighted by molar-refractivity contribution is 5.24. The average Bonchev–Trinajstić information content (AvgIpc) is 2.64. The molecule has 0 saturated carbocycles. The van der Waals surface area contributed by atoms with Crippen LogP contribution in [-0.2, 0) is 6.42 Å². The quantitative estimate of drug-likeness (QED) is 0.827. The standard InChI is InChI=1S/C9H15F3N4O/c1-2-5-16(6-9(10,11)12)8-15-14-7(17-8)3-4-13/h2-6,13H2,1H3. The molecule has 98 valence electrons. The molecule has 0 aliphatic carbocycles. The maximum atomic E-state index is 12.3. The Kier molecular flexibility index (Phi) is 4.73. The molecule has 0 fully saturated rings. The fourth-order valence-corrected chi connectivity index (χ4v) is 1.33. The van der Waals surface area contributed by atoms with Gasteiger partial charge in [-0.2, -0.15) is 13.2 Å². The van der Waals surface area contributed by atoms with E-state index in [1.54, 1.807) is 6.92 Å². The van der Waals surface area contributed by atoms with Gasteiger partial charge in [-0.05, 0) is 6.42 Å². The second-order valence-electron chi connectivity index (χ2n) is 3.55. The first-order valence-electron chi connectivity index (χ1n) is 5.30. The van der Waals surface area contributed by atoms with Gasteiger partial charge in [0.05, 0.1) is 0 Å². The highest BCUT2D eigenvalue weighted by Gasteiger charge is 2.32. The second-order valence-corrected chi connectivity index (χ2v) is 3.55. The number of alkyl halides is 3. The Morgan fingerprint density at radius 1 is 1.35 bits per heavy atom. The molecule has 0 unspecified atom stereocenters. The summed E-state index contributed by atoms with van der Waals surface area (Å²) in [5.74, 6) is 0.255. The SMILES string of the molecule is CCCN(CC(F)(F)F)c1nnc(CCN)o1. The first-order chi connectivity index (χ1) is 7.96. The van der Waals surface area contributed by atoms with Crippen LogP contribution in [0.5, 0.6) is 0 Å². The summed E-state index contributed by atoms with van der Waals surface area (Å²) < 4.78 is 42.1. The van der Waals surface area contributed by atoms with Crippen LogP contribution in [0.3, 0.4) is 0 Å².